The van der Waals surface area contributed by atoms with Crippen molar-refractivity contribution in [3.05, 3.63) is 89.3 Å². The molecule has 0 aliphatic carbocycles. The van der Waals surface area contributed by atoms with Crippen LogP contribution in [0.25, 0.3) is 0 Å². The summed E-state index contributed by atoms with van der Waals surface area (Å²) in [6.45, 7) is 3.41. The molecule has 1 saturated heterocycles. The minimum atomic E-state index is -3.54. The van der Waals surface area contributed by atoms with Gasteiger partial charge in [-0.25, -0.2) is 13.1 Å². The third kappa shape index (κ3) is 6.24. The Bertz CT molecular complexity index is 1030. The third-order valence-corrected chi connectivity index (χ3v) is 8.57. The van der Waals surface area contributed by atoms with Gasteiger partial charge < -0.3 is 5.32 Å². The van der Waals surface area contributed by atoms with Crippen molar-refractivity contribution < 1.29 is 8.42 Å². The molecule has 0 amide bonds. The summed E-state index contributed by atoms with van der Waals surface area (Å²) < 4.78 is 29.3. The smallest absolute Gasteiger partial charge is 0.250 e. The van der Waals surface area contributed by atoms with Gasteiger partial charge in [0, 0.05) is 38.3 Å². The average Bonchev–Trinajstić information content (AvgIpc) is 3.32. The molecule has 3 aromatic rings. The summed E-state index contributed by atoms with van der Waals surface area (Å²) in [5.41, 5.74) is 2.44. The summed E-state index contributed by atoms with van der Waals surface area (Å²) >= 11 is 1.25. The van der Waals surface area contributed by atoms with Crippen molar-refractivity contribution in [1.82, 2.24) is 14.9 Å². The topological polar surface area (TPSA) is 61.4 Å². The minimum absolute atomic E-state index is 0.203. The van der Waals surface area contributed by atoms with Crippen LogP contribution in [0.5, 0.6) is 0 Å². The largest absolute Gasteiger partial charge is 0.314 e. The van der Waals surface area contributed by atoms with Gasteiger partial charge in [0.25, 0.3) is 0 Å². The van der Waals surface area contributed by atoms with Crippen LogP contribution >= 0.6 is 11.3 Å². The van der Waals surface area contributed by atoms with Crippen LogP contribution in [0.1, 0.15) is 11.1 Å². The van der Waals surface area contributed by atoms with Crippen LogP contribution in [-0.2, 0) is 22.9 Å². The second kappa shape index (κ2) is 10.5. The quantitative estimate of drug-likeness (QED) is 0.520. The van der Waals surface area contributed by atoms with Crippen molar-refractivity contribution in [1.29, 1.82) is 0 Å². The standard InChI is InChI=1S/C24H29N3O2S2/c28-31(29,24-12-7-15-30-24)26-22(16-20-8-3-1-4-9-20)19-27-14-13-25-18-23(27)17-21-10-5-2-6-11-21/h1-12,15,22-23,25-26H,13-14,16-19H2/t22-,23-/m0/s1. The SMILES string of the molecule is O=S(=O)(N[C@@H](Cc1ccccc1)CN1CCNC[C@@H]1Cc1ccccc1)c1cccs1. The number of hydrogen-bond acceptors (Lipinski definition) is 5. The molecule has 0 bridgehead atoms. The minimum Gasteiger partial charge on any atom is -0.314 e. The number of nitrogens with zero attached hydrogens (tertiary/aromatic N) is 1. The zero-order chi connectivity index (χ0) is 21.5. The molecule has 1 aliphatic rings. The van der Waals surface area contributed by atoms with E-state index in [2.05, 4.69) is 51.3 Å². The molecule has 2 aromatic carbocycles. The maximum atomic E-state index is 13.0. The van der Waals surface area contributed by atoms with Crippen molar-refractivity contribution in [3.63, 3.8) is 0 Å². The van der Waals surface area contributed by atoms with E-state index in [9.17, 15) is 8.42 Å². The van der Waals surface area contributed by atoms with Gasteiger partial charge in [-0.3, -0.25) is 4.90 Å². The van der Waals surface area contributed by atoms with Crippen LogP contribution in [0.4, 0.5) is 0 Å². The normalized spacial score (nSPS) is 18.6. The van der Waals surface area contributed by atoms with Crippen molar-refractivity contribution in [2.75, 3.05) is 26.2 Å². The molecule has 7 heteroatoms. The molecule has 0 saturated carbocycles. The Labute approximate surface area is 189 Å². The second-order valence-electron chi connectivity index (χ2n) is 7.98. The molecular formula is C24H29N3O2S2. The average molecular weight is 456 g/mol. The molecule has 2 N–H and O–H groups in total. The Morgan fingerprint density at radius 2 is 1.71 bits per heavy atom. The van der Waals surface area contributed by atoms with Gasteiger partial charge in [0.2, 0.25) is 10.0 Å². The summed E-state index contributed by atoms with van der Waals surface area (Å²) in [5.74, 6) is 0. The summed E-state index contributed by atoms with van der Waals surface area (Å²) in [6, 6.07) is 24.2. The van der Waals surface area contributed by atoms with Crippen LogP contribution in [0.2, 0.25) is 0 Å². The Hall–Kier alpha value is -2.03. The Morgan fingerprint density at radius 1 is 1.00 bits per heavy atom. The highest BCUT2D eigenvalue weighted by atomic mass is 32.2. The van der Waals surface area contributed by atoms with Crippen molar-refractivity contribution in [3.8, 4) is 0 Å². The number of hydrogen-bond donors (Lipinski definition) is 2. The first-order valence-electron chi connectivity index (χ1n) is 10.7. The van der Waals surface area contributed by atoms with Crippen LogP contribution in [0.3, 0.4) is 0 Å². The monoisotopic (exact) mass is 455 g/mol. The fourth-order valence-corrected chi connectivity index (χ4v) is 6.39. The van der Waals surface area contributed by atoms with E-state index in [1.165, 1.54) is 16.9 Å². The van der Waals surface area contributed by atoms with E-state index in [0.717, 1.165) is 31.6 Å². The molecule has 4 rings (SSSR count). The summed E-state index contributed by atoms with van der Waals surface area (Å²) in [5, 5.41) is 5.30. The lowest BCUT2D eigenvalue weighted by Crippen LogP contribution is -2.56. The Morgan fingerprint density at radius 3 is 2.39 bits per heavy atom. The number of sulfonamides is 1. The molecule has 1 fully saturated rings. The predicted octanol–water partition coefficient (Wildman–Crippen LogP) is 3.15. The summed E-state index contributed by atoms with van der Waals surface area (Å²) in [4.78, 5) is 2.44. The maximum absolute atomic E-state index is 13.0. The fraction of sp³-hybridized carbons (Fsp3) is 0.333. The molecule has 0 spiro atoms. The van der Waals surface area contributed by atoms with Crippen molar-refractivity contribution >= 4 is 21.4 Å². The van der Waals surface area contributed by atoms with E-state index in [4.69, 9.17) is 0 Å². The molecule has 0 unspecified atom stereocenters. The number of piperazine rings is 1. The van der Waals surface area contributed by atoms with Crippen LogP contribution < -0.4 is 10.0 Å². The number of nitrogens with one attached hydrogen (secondary N) is 2. The van der Waals surface area contributed by atoms with Gasteiger partial charge in [0.15, 0.2) is 0 Å². The first-order valence-corrected chi connectivity index (χ1v) is 13.0. The predicted molar refractivity (Wildman–Crippen MR) is 127 cm³/mol. The molecule has 2 atom stereocenters. The van der Waals surface area contributed by atoms with Gasteiger partial charge in [-0.15, -0.1) is 11.3 Å². The van der Waals surface area contributed by atoms with Crippen molar-refractivity contribution in [2.45, 2.75) is 29.1 Å². The lowest BCUT2D eigenvalue weighted by Gasteiger charge is -2.38. The second-order valence-corrected chi connectivity index (χ2v) is 10.9. The lowest BCUT2D eigenvalue weighted by molar-refractivity contribution is 0.148. The molecule has 2 heterocycles. The molecule has 164 valence electrons. The van der Waals surface area contributed by atoms with Crippen LogP contribution in [-0.4, -0.2) is 51.6 Å². The van der Waals surface area contributed by atoms with Gasteiger partial charge in [-0.05, 0) is 35.4 Å². The van der Waals surface area contributed by atoms with E-state index in [1.807, 2.05) is 24.3 Å². The number of benzene rings is 2. The lowest BCUT2D eigenvalue weighted by atomic mass is 10.0. The van der Waals surface area contributed by atoms with E-state index in [-0.39, 0.29) is 6.04 Å². The zero-order valence-corrected chi connectivity index (χ0v) is 19.1. The highest BCUT2D eigenvalue weighted by molar-refractivity contribution is 7.91. The molecular weight excluding hydrogens is 426 g/mol. The summed E-state index contributed by atoms with van der Waals surface area (Å²) in [6.07, 6.45) is 1.61. The molecule has 1 aliphatic heterocycles. The maximum Gasteiger partial charge on any atom is 0.250 e. The van der Waals surface area contributed by atoms with Crippen molar-refractivity contribution in [2.24, 2.45) is 0 Å². The van der Waals surface area contributed by atoms with Gasteiger partial charge in [-0.1, -0.05) is 66.7 Å². The Balaban J connectivity index is 1.52. The molecule has 0 radical (unpaired) electrons. The molecule has 5 nitrogen and oxygen atoms in total. The number of thiophene rings is 1. The van der Waals surface area contributed by atoms with Crippen LogP contribution in [0.15, 0.2) is 82.4 Å². The van der Waals surface area contributed by atoms with E-state index < -0.39 is 10.0 Å². The van der Waals surface area contributed by atoms with E-state index in [1.54, 1.807) is 17.5 Å². The number of rotatable bonds is 9. The Kier molecular flexibility index (Phi) is 7.53. The van der Waals surface area contributed by atoms with Gasteiger partial charge in [-0.2, -0.15) is 0 Å². The highest BCUT2D eigenvalue weighted by Gasteiger charge is 2.28. The van der Waals surface area contributed by atoms with E-state index in [0.29, 0.717) is 23.2 Å². The summed E-state index contributed by atoms with van der Waals surface area (Å²) in [7, 11) is -3.54. The molecule has 31 heavy (non-hydrogen) atoms. The van der Waals surface area contributed by atoms with Gasteiger partial charge in [0.1, 0.15) is 4.21 Å². The van der Waals surface area contributed by atoms with Gasteiger partial charge >= 0.3 is 0 Å². The first-order chi connectivity index (χ1) is 15.1. The van der Waals surface area contributed by atoms with Crippen LogP contribution in [0, 0.1) is 0 Å². The fourth-order valence-electron chi connectivity index (χ4n) is 4.15. The van der Waals surface area contributed by atoms with E-state index >= 15 is 0 Å². The van der Waals surface area contributed by atoms with Gasteiger partial charge in [0.05, 0.1) is 0 Å². The highest BCUT2D eigenvalue weighted by Crippen LogP contribution is 2.18. The third-order valence-electron chi connectivity index (χ3n) is 5.65. The first kappa shape index (κ1) is 22.2. The molecule has 1 aromatic heterocycles. The zero-order valence-electron chi connectivity index (χ0n) is 17.5.